The number of carbonyl (C=O) groups excluding carboxylic acids is 1. The molecule has 2 atom stereocenters. The van der Waals surface area contributed by atoms with Gasteiger partial charge in [0.2, 0.25) is 5.91 Å². The van der Waals surface area contributed by atoms with Crippen molar-refractivity contribution in [1.29, 1.82) is 0 Å². The molecule has 1 aromatic rings. The summed E-state index contributed by atoms with van der Waals surface area (Å²) >= 11 is 3.38. The first-order valence-corrected chi connectivity index (χ1v) is 7.30. The van der Waals surface area contributed by atoms with Gasteiger partial charge < -0.3 is 10.4 Å². The van der Waals surface area contributed by atoms with Crippen LogP contribution in [-0.4, -0.2) is 41.0 Å². The van der Waals surface area contributed by atoms with E-state index in [2.05, 4.69) is 21.2 Å². The molecule has 0 bridgehead atoms. The highest BCUT2D eigenvalue weighted by Crippen LogP contribution is 2.23. The van der Waals surface area contributed by atoms with Crippen LogP contribution in [0.4, 0.5) is 5.69 Å². The number of likely N-dealkylation sites (tertiary alicyclic amines) is 1. The summed E-state index contributed by atoms with van der Waals surface area (Å²) < 4.78 is 0.824. The fourth-order valence-corrected chi connectivity index (χ4v) is 2.69. The molecule has 5 nitrogen and oxygen atoms in total. The molecule has 7 heteroatoms. The Hall–Kier alpha value is -1.11. The largest absolute Gasteiger partial charge is 0.481 e. The van der Waals surface area contributed by atoms with E-state index in [9.17, 15) is 9.59 Å². The highest BCUT2D eigenvalue weighted by Gasteiger charge is 2.33. The van der Waals surface area contributed by atoms with E-state index in [-0.39, 0.29) is 30.3 Å². The number of carboxylic acid groups (broad SMARTS) is 1. The van der Waals surface area contributed by atoms with Gasteiger partial charge in [-0.1, -0.05) is 12.1 Å². The van der Waals surface area contributed by atoms with Crippen molar-refractivity contribution in [2.45, 2.75) is 19.4 Å². The lowest BCUT2D eigenvalue weighted by Crippen LogP contribution is -2.41. The predicted octanol–water partition coefficient (Wildman–Crippen LogP) is 2.60. The number of carbonyl (C=O) groups is 2. The predicted molar refractivity (Wildman–Crippen MR) is 86.8 cm³/mol. The Morgan fingerprint density at radius 2 is 2.10 bits per heavy atom. The van der Waals surface area contributed by atoms with Gasteiger partial charge in [-0.05, 0) is 48.0 Å². The van der Waals surface area contributed by atoms with Gasteiger partial charge in [-0.3, -0.25) is 14.5 Å². The van der Waals surface area contributed by atoms with Crippen molar-refractivity contribution in [2.24, 2.45) is 5.92 Å². The lowest BCUT2D eigenvalue weighted by molar-refractivity contribution is -0.141. The van der Waals surface area contributed by atoms with E-state index >= 15 is 0 Å². The number of rotatable bonds is 4. The third-order valence-electron chi connectivity index (χ3n) is 3.63. The second-order valence-corrected chi connectivity index (χ2v) is 5.82. The van der Waals surface area contributed by atoms with Crippen molar-refractivity contribution in [2.75, 3.05) is 18.4 Å². The minimum Gasteiger partial charge on any atom is -0.481 e. The van der Waals surface area contributed by atoms with Crippen molar-refractivity contribution in [3.05, 3.63) is 28.7 Å². The Bertz CT molecular complexity index is 527. The van der Waals surface area contributed by atoms with Crippen LogP contribution in [0.25, 0.3) is 0 Å². The third kappa shape index (κ3) is 4.43. The number of carboxylic acids is 1. The van der Waals surface area contributed by atoms with Crippen LogP contribution in [0, 0.1) is 5.92 Å². The standard InChI is InChI=1S/C14H17BrN2O3.ClH/c1-9(17-7-6-10(8-17)14(19)20)13(18)16-12-5-3-2-4-11(12)15;/h2-5,9-10H,6-8H2,1H3,(H,16,18)(H,19,20);1H. The van der Waals surface area contributed by atoms with Crippen molar-refractivity contribution < 1.29 is 14.7 Å². The smallest absolute Gasteiger partial charge is 0.307 e. The van der Waals surface area contributed by atoms with E-state index < -0.39 is 5.97 Å². The molecule has 1 aromatic carbocycles. The number of halogens is 2. The van der Waals surface area contributed by atoms with E-state index in [1.807, 2.05) is 29.2 Å². The molecule has 0 aliphatic carbocycles. The molecule has 0 saturated carbocycles. The Morgan fingerprint density at radius 1 is 1.43 bits per heavy atom. The summed E-state index contributed by atoms with van der Waals surface area (Å²) in [5.41, 5.74) is 0.721. The number of hydrogen-bond acceptors (Lipinski definition) is 3. The molecule has 0 spiro atoms. The highest BCUT2D eigenvalue weighted by atomic mass is 79.9. The molecule has 1 amide bonds. The summed E-state index contributed by atoms with van der Waals surface area (Å²) in [6.45, 7) is 2.87. The van der Waals surface area contributed by atoms with Crippen LogP contribution < -0.4 is 5.32 Å². The van der Waals surface area contributed by atoms with Crippen LogP contribution in [0.5, 0.6) is 0 Å². The summed E-state index contributed by atoms with van der Waals surface area (Å²) in [7, 11) is 0. The van der Waals surface area contributed by atoms with E-state index in [0.29, 0.717) is 19.5 Å². The number of anilines is 1. The zero-order valence-electron chi connectivity index (χ0n) is 11.6. The second-order valence-electron chi connectivity index (χ2n) is 4.96. The maximum atomic E-state index is 12.2. The molecular formula is C14H18BrClN2O3. The van der Waals surface area contributed by atoms with Crippen LogP contribution in [0.2, 0.25) is 0 Å². The Balaban J connectivity index is 0.00000220. The number of nitrogens with zero attached hydrogens (tertiary/aromatic N) is 1. The van der Waals surface area contributed by atoms with Crippen LogP contribution in [0.1, 0.15) is 13.3 Å². The molecule has 0 radical (unpaired) electrons. The van der Waals surface area contributed by atoms with Crippen LogP contribution in [0.3, 0.4) is 0 Å². The quantitative estimate of drug-likeness (QED) is 0.846. The summed E-state index contributed by atoms with van der Waals surface area (Å²) in [4.78, 5) is 25.1. The third-order valence-corrected chi connectivity index (χ3v) is 4.32. The maximum Gasteiger partial charge on any atom is 0.307 e. The van der Waals surface area contributed by atoms with Gasteiger partial charge in [0.05, 0.1) is 17.6 Å². The van der Waals surface area contributed by atoms with Crippen molar-refractivity contribution in [3.8, 4) is 0 Å². The van der Waals surface area contributed by atoms with Crippen LogP contribution in [0.15, 0.2) is 28.7 Å². The fourth-order valence-electron chi connectivity index (χ4n) is 2.31. The molecule has 2 N–H and O–H groups in total. The van der Waals surface area contributed by atoms with Gasteiger partial charge in [-0.2, -0.15) is 0 Å². The maximum absolute atomic E-state index is 12.2. The lowest BCUT2D eigenvalue weighted by atomic mass is 10.1. The second kappa shape index (κ2) is 7.77. The number of amides is 1. The number of para-hydroxylation sites is 1. The lowest BCUT2D eigenvalue weighted by Gasteiger charge is -2.23. The van der Waals surface area contributed by atoms with Crippen molar-refractivity contribution in [3.63, 3.8) is 0 Å². The summed E-state index contributed by atoms with van der Waals surface area (Å²) in [6.07, 6.45) is 0.599. The number of nitrogens with one attached hydrogen (secondary N) is 1. The Kier molecular flexibility index (Phi) is 6.64. The minimum absolute atomic E-state index is 0. The minimum atomic E-state index is -0.786. The van der Waals surface area contributed by atoms with Crippen LogP contribution >= 0.6 is 28.3 Å². The van der Waals surface area contributed by atoms with Crippen LogP contribution in [-0.2, 0) is 9.59 Å². The molecule has 2 unspecified atom stereocenters. The molecule has 1 saturated heterocycles. The Labute approximate surface area is 138 Å². The number of benzene rings is 1. The molecule has 116 valence electrons. The van der Waals surface area contributed by atoms with Crippen molar-refractivity contribution in [1.82, 2.24) is 4.90 Å². The zero-order valence-corrected chi connectivity index (χ0v) is 14.0. The van der Waals surface area contributed by atoms with E-state index in [1.165, 1.54) is 0 Å². The average molecular weight is 378 g/mol. The molecule has 21 heavy (non-hydrogen) atoms. The monoisotopic (exact) mass is 376 g/mol. The van der Waals surface area contributed by atoms with Gasteiger partial charge in [0.25, 0.3) is 0 Å². The van der Waals surface area contributed by atoms with Gasteiger partial charge in [-0.25, -0.2) is 0 Å². The first-order valence-electron chi connectivity index (χ1n) is 6.51. The first-order chi connectivity index (χ1) is 9.49. The van der Waals surface area contributed by atoms with E-state index in [4.69, 9.17) is 5.11 Å². The summed E-state index contributed by atoms with van der Waals surface area (Å²) in [5.74, 6) is -1.28. The average Bonchev–Trinajstić information content (AvgIpc) is 2.90. The topological polar surface area (TPSA) is 69.6 Å². The van der Waals surface area contributed by atoms with Gasteiger partial charge in [0.1, 0.15) is 0 Å². The highest BCUT2D eigenvalue weighted by molar-refractivity contribution is 9.10. The van der Waals surface area contributed by atoms with Gasteiger partial charge >= 0.3 is 5.97 Å². The SMILES string of the molecule is CC(C(=O)Nc1ccccc1Br)N1CCC(C(=O)O)C1.Cl. The molecular weight excluding hydrogens is 360 g/mol. The van der Waals surface area contributed by atoms with Crippen molar-refractivity contribution >= 4 is 45.9 Å². The molecule has 1 aliphatic heterocycles. The van der Waals surface area contributed by atoms with Gasteiger partial charge in [0, 0.05) is 11.0 Å². The number of aliphatic carboxylic acids is 1. The fraction of sp³-hybridized carbons (Fsp3) is 0.429. The normalized spacial score (nSPS) is 19.6. The van der Waals surface area contributed by atoms with E-state index in [1.54, 1.807) is 6.92 Å². The summed E-state index contributed by atoms with van der Waals surface area (Å²) in [5, 5.41) is 11.8. The first kappa shape index (κ1) is 17.9. The summed E-state index contributed by atoms with van der Waals surface area (Å²) in [6, 6.07) is 7.06. The zero-order chi connectivity index (χ0) is 14.7. The molecule has 2 rings (SSSR count). The molecule has 1 aliphatic rings. The molecule has 1 fully saturated rings. The van der Waals surface area contributed by atoms with E-state index in [0.717, 1.165) is 10.2 Å². The van der Waals surface area contributed by atoms with Gasteiger partial charge in [0.15, 0.2) is 0 Å². The van der Waals surface area contributed by atoms with Gasteiger partial charge in [-0.15, -0.1) is 12.4 Å². The molecule has 1 heterocycles. The Morgan fingerprint density at radius 3 is 2.67 bits per heavy atom. The number of hydrogen-bond donors (Lipinski definition) is 2. The molecule has 0 aromatic heterocycles.